The van der Waals surface area contributed by atoms with Gasteiger partial charge < -0.3 is 4.98 Å². The molecule has 0 saturated heterocycles. The molecule has 1 aromatic heterocycles. The zero-order valence-electron chi connectivity index (χ0n) is 7.75. The number of nitrogens with one attached hydrogen (secondary N) is 1. The van der Waals surface area contributed by atoms with Crippen LogP contribution >= 0.6 is 0 Å². The molecule has 1 N–H and O–H groups in total. The summed E-state index contributed by atoms with van der Waals surface area (Å²) in [5, 5.41) is 0. The van der Waals surface area contributed by atoms with Gasteiger partial charge in [0, 0.05) is 11.9 Å². The molecule has 0 unspecified atom stereocenters. The molecule has 0 aliphatic rings. The highest BCUT2D eigenvalue weighted by atomic mass is 14.7. The molecule has 1 heterocycles. The zero-order valence-corrected chi connectivity index (χ0v) is 7.75. The van der Waals surface area contributed by atoms with Crippen molar-refractivity contribution in [3.8, 4) is 11.3 Å². The van der Waals surface area contributed by atoms with Gasteiger partial charge in [-0.15, -0.1) is 0 Å². The average Bonchev–Trinajstić information content (AvgIpc) is 2.67. The van der Waals surface area contributed by atoms with E-state index in [-0.39, 0.29) is 0 Å². The minimum absolute atomic E-state index is 1.09. The first-order chi connectivity index (χ1) is 6.40. The van der Waals surface area contributed by atoms with Gasteiger partial charge in [0.05, 0.1) is 0 Å². The molecule has 1 nitrogen and oxygen atoms in total. The number of hydrogen-bond donors (Lipinski definition) is 1. The van der Waals surface area contributed by atoms with Crippen molar-refractivity contribution < 1.29 is 0 Å². The van der Waals surface area contributed by atoms with E-state index in [2.05, 4.69) is 48.4 Å². The number of rotatable bonds is 2. The van der Waals surface area contributed by atoms with Crippen LogP contribution < -0.4 is 0 Å². The third-order valence-corrected chi connectivity index (χ3v) is 2.24. The Morgan fingerprint density at radius 2 is 1.92 bits per heavy atom. The maximum atomic E-state index is 3.27. The number of hydrogen-bond acceptors (Lipinski definition) is 0. The summed E-state index contributed by atoms with van der Waals surface area (Å²) in [6.07, 6.45) is 3.16. The summed E-state index contributed by atoms with van der Waals surface area (Å²) >= 11 is 0. The maximum Gasteiger partial charge on any atom is 0.0456 e. The fourth-order valence-corrected chi connectivity index (χ4v) is 1.43. The predicted octanol–water partition coefficient (Wildman–Crippen LogP) is 3.24. The molecule has 0 aliphatic heterocycles. The van der Waals surface area contributed by atoms with Gasteiger partial charge in [-0.25, -0.2) is 0 Å². The first-order valence-corrected chi connectivity index (χ1v) is 4.63. The summed E-state index contributed by atoms with van der Waals surface area (Å²) in [5.74, 6) is 0. The summed E-state index contributed by atoms with van der Waals surface area (Å²) in [4.78, 5) is 3.27. The SMILES string of the molecule is CCc1c[nH]c(-c2ccccc2)c1. The zero-order chi connectivity index (χ0) is 9.10. The third-order valence-electron chi connectivity index (χ3n) is 2.24. The van der Waals surface area contributed by atoms with Gasteiger partial charge in [0.2, 0.25) is 0 Å². The maximum absolute atomic E-state index is 3.27. The van der Waals surface area contributed by atoms with E-state index in [1.54, 1.807) is 0 Å². The Morgan fingerprint density at radius 3 is 2.54 bits per heavy atom. The van der Waals surface area contributed by atoms with Crippen LogP contribution in [0.4, 0.5) is 0 Å². The van der Waals surface area contributed by atoms with E-state index in [9.17, 15) is 0 Å². The van der Waals surface area contributed by atoms with Gasteiger partial charge in [-0.05, 0) is 23.6 Å². The fourth-order valence-electron chi connectivity index (χ4n) is 1.43. The second-order valence-electron chi connectivity index (χ2n) is 3.14. The Balaban J connectivity index is 2.36. The van der Waals surface area contributed by atoms with Crippen molar-refractivity contribution in [1.29, 1.82) is 0 Å². The molecule has 2 rings (SSSR count). The van der Waals surface area contributed by atoms with Crippen LogP contribution in [0, 0.1) is 0 Å². The quantitative estimate of drug-likeness (QED) is 0.714. The van der Waals surface area contributed by atoms with Crippen molar-refractivity contribution in [1.82, 2.24) is 4.98 Å². The van der Waals surface area contributed by atoms with E-state index in [4.69, 9.17) is 0 Å². The highest BCUT2D eigenvalue weighted by molar-refractivity contribution is 5.59. The molecule has 1 heteroatoms. The van der Waals surface area contributed by atoms with Crippen molar-refractivity contribution in [3.63, 3.8) is 0 Å². The largest absolute Gasteiger partial charge is 0.361 e. The molecular formula is C12H13N. The van der Waals surface area contributed by atoms with Crippen LogP contribution in [0.2, 0.25) is 0 Å². The number of aromatic amines is 1. The van der Waals surface area contributed by atoms with E-state index in [0.717, 1.165) is 6.42 Å². The van der Waals surface area contributed by atoms with Crippen molar-refractivity contribution in [2.75, 3.05) is 0 Å². The third kappa shape index (κ3) is 1.64. The minimum Gasteiger partial charge on any atom is -0.361 e. The van der Waals surface area contributed by atoms with Gasteiger partial charge in [0.25, 0.3) is 0 Å². The topological polar surface area (TPSA) is 15.8 Å². The highest BCUT2D eigenvalue weighted by Crippen LogP contribution is 2.18. The van der Waals surface area contributed by atoms with Crippen LogP contribution in [-0.2, 0) is 6.42 Å². The van der Waals surface area contributed by atoms with Crippen LogP contribution in [0.15, 0.2) is 42.6 Å². The predicted molar refractivity (Wildman–Crippen MR) is 55.6 cm³/mol. The summed E-state index contributed by atoms with van der Waals surface area (Å²) in [5.41, 5.74) is 3.82. The van der Waals surface area contributed by atoms with Crippen LogP contribution in [0.5, 0.6) is 0 Å². The molecule has 0 atom stereocenters. The lowest BCUT2D eigenvalue weighted by Crippen LogP contribution is -1.74. The first-order valence-electron chi connectivity index (χ1n) is 4.63. The molecule has 1 aromatic carbocycles. The number of benzene rings is 1. The Labute approximate surface area is 78.4 Å². The molecule has 66 valence electrons. The van der Waals surface area contributed by atoms with Crippen molar-refractivity contribution >= 4 is 0 Å². The molecule has 0 spiro atoms. The van der Waals surface area contributed by atoms with Gasteiger partial charge in [-0.1, -0.05) is 37.3 Å². The average molecular weight is 171 g/mol. The van der Waals surface area contributed by atoms with Crippen LogP contribution in [0.25, 0.3) is 11.3 Å². The summed E-state index contributed by atoms with van der Waals surface area (Å²) < 4.78 is 0. The van der Waals surface area contributed by atoms with E-state index < -0.39 is 0 Å². The standard InChI is InChI=1S/C12H13N/c1-2-10-8-12(13-9-10)11-6-4-3-5-7-11/h3-9,13H,2H2,1H3. The Bertz CT molecular complexity index is 373. The minimum atomic E-state index is 1.09. The smallest absolute Gasteiger partial charge is 0.0456 e. The number of aryl methyl sites for hydroxylation is 1. The van der Waals surface area contributed by atoms with Crippen molar-refractivity contribution in [3.05, 3.63) is 48.2 Å². The molecule has 0 radical (unpaired) electrons. The first kappa shape index (κ1) is 8.11. The molecule has 13 heavy (non-hydrogen) atoms. The molecule has 0 saturated carbocycles. The Morgan fingerprint density at radius 1 is 1.15 bits per heavy atom. The second kappa shape index (κ2) is 3.48. The van der Waals surface area contributed by atoms with E-state index in [1.165, 1.54) is 16.8 Å². The number of H-pyrrole nitrogens is 1. The highest BCUT2D eigenvalue weighted by Gasteiger charge is 1.98. The van der Waals surface area contributed by atoms with Crippen LogP contribution in [0.1, 0.15) is 12.5 Å². The van der Waals surface area contributed by atoms with Gasteiger partial charge in [0.15, 0.2) is 0 Å². The van der Waals surface area contributed by atoms with Crippen LogP contribution in [-0.4, -0.2) is 4.98 Å². The van der Waals surface area contributed by atoms with E-state index in [1.807, 2.05) is 6.07 Å². The van der Waals surface area contributed by atoms with E-state index >= 15 is 0 Å². The molecule has 0 bridgehead atoms. The summed E-state index contributed by atoms with van der Waals surface area (Å²) in [6.45, 7) is 2.16. The van der Waals surface area contributed by atoms with Gasteiger partial charge in [0.1, 0.15) is 0 Å². The summed E-state index contributed by atoms with van der Waals surface area (Å²) in [7, 11) is 0. The van der Waals surface area contributed by atoms with Crippen LogP contribution in [0.3, 0.4) is 0 Å². The Hall–Kier alpha value is -1.50. The fraction of sp³-hybridized carbons (Fsp3) is 0.167. The second-order valence-corrected chi connectivity index (χ2v) is 3.14. The lowest BCUT2D eigenvalue weighted by molar-refractivity contribution is 1.14. The monoisotopic (exact) mass is 171 g/mol. The van der Waals surface area contributed by atoms with Gasteiger partial charge in [-0.2, -0.15) is 0 Å². The van der Waals surface area contributed by atoms with Gasteiger partial charge in [-0.3, -0.25) is 0 Å². The molecule has 2 aromatic rings. The Kier molecular flexibility index (Phi) is 2.17. The molecule has 0 amide bonds. The lowest BCUT2D eigenvalue weighted by Gasteiger charge is -1.94. The van der Waals surface area contributed by atoms with Gasteiger partial charge >= 0.3 is 0 Å². The normalized spacial score (nSPS) is 10.2. The summed E-state index contributed by atoms with van der Waals surface area (Å²) in [6, 6.07) is 12.6. The molecule has 0 aliphatic carbocycles. The molecule has 0 fully saturated rings. The molecular weight excluding hydrogens is 158 g/mol. The van der Waals surface area contributed by atoms with Crippen molar-refractivity contribution in [2.45, 2.75) is 13.3 Å². The number of aromatic nitrogens is 1. The lowest BCUT2D eigenvalue weighted by atomic mass is 10.1. The van der Waals surface area contributed by atoms with Crippen molar-refractivity contribution in [2.24, 2.45) is 0 Å². The van der Waals surface area contributed by atoms with E-state index in [0.29, 0.717) is 0 Å².